The predicted molar refractivity (Wildman–Crippen MR) is 72.1 cm³/mol. The number of benzene rings is 2. The Labute approximate surface area is 111 Å². The number of nitriles is 1. The normalized spacial score (nSPS) is 10.5. The standard InChI is InChI=1S/C14H7FN2OS/c15-11-5-3-6-12(10(11)8-16)17-14(18)9-4-1-2-7-13(9)19-17/h1-7H. The minimum absolute atomic E-state index is 0.115. The molecule has 0 bridgehead atoms. The van der Waals surface area contributed by atoms with Crippen molar-refractivity contribution in [2.24, 2.45) is 0 Å². The summed E-state index contributed by atoms with van der Waals surface area (Å²) in [6.45, 7) is 0. The molecular formula is C14H7FN2OS. The molecule has 0 aliphatic carbocycles. The molecule has 0 spiro atoms. The van der Waals surface area contributed by atoms with Crippen molar-refractivity contribution in [3.63, 3.8) is 0 Å². The van der Waals surface area contributed by atoms with E-state index in [2.05, 4.69) is 0 Å². The number of aromatic nitrogens is 1. The van der Waals surface area contributed by atoms with Gasteiger partial charge in [0.1, 0.15) is 17.4 Å². The van der Waals surface area contributed by atoms with Gasteiger partial charge in [-0.05, 0) is 24.3 Å². The molecule has 3 nitrogen and oxygen atoms in total. The second-order valence-corrected chi connectivity index (χ2v) is 4.92. The summed E-state index contributed by atoms with van der Waals surface area (Å²) >= 11 is 1.20. The number of nitrogens with zero attached hydrogens (tertiary/aromatic N) is 2. The molecule has 0 aliphatic rings. The van der Waals surface area contributed by atoms with Crippen LogP contribution in [0.15, 0.2) is 47.3 Å². The van der Waals surface area contributed by atoms with E-state index in [4.69, 9.17) is 5.26 Å². The van der Waals surface area contributed by atoms with Crippen LogP contribution in [0.25, 0.3) is 15.8 Å². The maximum Gasteiger partial charge on any atom is 0.273 e. The summed E-state index contributed by atoms with van der Waals surface area (Å²) in [5, 5.41) is 9.60. The summed E-state index contributed by atoms with van der Waals surface area (Å²) in [4.78, 5) is 12.2. The number of halogens is 1. The fourth-order valence-electron chi connectivity index (χ4n) is 1.92. The van der Waals surface area contributed by atoms with Crippen molar-refractivity contribution in [3.05, 3.63) is 64.2 Å². The third kappa shape index (κ3) is 1.74. The molecule has 0 saturated carbocycles. The van der Waals surface area contributed by atoms with Crippen molar-refractivity contribution in [2.75, 3.05) is 0 Å². The second-order valence-electron chi connectivity index (χ2n) is 3.93. The van der Waals surface area contributed by atoms with E-state index in [0.29, 0.717) is 5.39 Å². The second kappa shape index (κ2) is 4.34. The summed E-state index contributed by atoms with van der Waals surface area (Å²) in [7, 11) is 0. The Morgan fingerprint density at radius 3 is 2.68 bits per heavy atom. The van der Waals surface area contributed by atoms with Crippen LogP contribution in [0.1, 0.15) is 5.56 Å². The van der Waals surface area contributed by atoms with Gasteiger partial charge < -0.3 is 0 Å². The van der Waals surface area contributed by atoms with Gasteiger partial charge in [0, 0.05) is 0 Å². The maximum absolute atomic E-state index is 13.6. The SMILES string of the molecule is N#Cc1c(F)cccc1-n1sc2ccccc2c1=O. The molecule has 0 aliphatic heterocycles. The smallest absolute Gasteiger partial charge is 0.267 e. The lowest BCUT2D eigenvalue weighted by Gasteiger charge is -2.03. The Morgan fingerprint density at radius 1 is 1.16 bits per heavy atom. The lowest BCUT2D eigenvalue weighted by molar-refractivity contribution is 0.623. The first-order valence-corrected chi connectivity index (χ1v) is 6.30. The van der Waals surface area contributed by atoms with E-state index < -0.39 is 5.82 Å². The van der Waals surface area contributed by atoms with E-state index in [-0.39, 0.29) is 16.8 Å². The zero-order valence-corrected chi connectivity index (χ0v) is 10.4. The number of hydrogen-bond acceptors (Lipinski definition) is 3. The molecule has 0 fully saturated rings. The van der Waals surface area contributed by atoms with Crippen LogP contribution in [0.5, 0.6) is 0 Å². The van der Waals surface area contributed by atoms with Gasteiger partial charge in [0.2, 0.25) is 0 Å². The first kappa shape index (κ1) is 11.6. The molecule has 0 N–H and O–H groups in total. The Morgan fingerprint density at radius 2 is 1.95 bits per heavy atom. The highest BCUT2D eigenvalue weighted by molar-refractivity contribution is 7.14. The topological polar surface area (TPSA) is 45.8 Å². The summed E-state index contributed by atoms with van der Waals surface area (Å²) in [5.74, 6) is -0.621. The molecule has 1 heterocycles. The molecule has 3 aromatic rings. The van der Waals surface area contributed by atoms with Crippen LogP contribution in [0.3, 0.4) is 0 Å². The average molecular weight is 270 g/mol. The molecule has 1 aromatic heterocycles. The predicted octanol–water partition coefficient (Wildman–Crippen LogP) is 3.06. The highest BCUT2D eigenvalue weighted by Crippen LogP contribution is 2.23. The summed E-state index contributed by atoms with van der Waals surface area (Å²) in [6, 6.07) is 13.2. The van der Waals surface area contributed by atoms with E-state index in [1.54, 1.807) is 24.3 Å². The minimum Gasteiger partial charge on any atom is -0.267 e. The van der Waals surface area contributed by atoms with Crippen molar-refractivity contribution in [1.82, 2.24) is 3.96 Å². The Bertz CT molecular complexity index is 873. The quantitative estimate of drug-likeness (QED) is 0.682. The van der Waals surface area contributed by atoms with Gasteiger partial charge in [0.25, 0.3) is 5.56 Å². The largest absolute Gasteiger partial charge is 0.273 e. The molecule has 0 unspecified atom stereocenters. The molecule has 0 saturated heterocycles. The van der Waals surface area contributed by atoms with Gasteiger partial charge in [-0.2, -0.15) is 5.26 Å². The average Bonchev–Trinajstić information content (AvgIpc) is 2.76. The molecule has 2 aromatic carbocycles. The van der Waals surface area contributed by atoms with Crippen LogP contribution in [0.4, 0.5) is 4.39 Å². The van der Waals surface area contributed by atoms with Crippen LogP contribution in [-0.2, 0) is 0 Å². The molecule has 0 radical (unpaired) electrons. The van der Waals surface area contributed by atoms with E-state index >= 15 is 0 Å². The third-order valence-corrected chi connectivity index (χ3v) is 3.91. The first-order valence-electron chi connectivity index (χ1n) is 5.52. The van der Waals surface area contributed by atoms with Crippen molar-refractivity contribution in [1.29, 1.82) is 5.26 Å². The highest BCUT2D eigenvalue weighted by Gasteiger charge is 2.14. The van der Waals surface area contributed by atoms with Gasteiger partial charge in [-0.3, -0.25) is 4.79 Å². The van der Waals surface area contributed by atoms with Crippen LogP contribution < -0.4 is 5.56 Å². The summed E-state index contributed by atoms with van der Waals surface area (Å²) in [6.07, 6.45) is 0. The van der Waals surface area contributed by atoms with Crippen molar-refractivity contribution < 1.29 is 4.39 Å². The molecular weight excluding hydrogens is 263 g/mol. The first-order chi connectivity index (χ1) is 9.22. The molecule has 0 atom stereocenters. The number of hydrogen-bond donors (Lipinski definition) is 0. The van der Waals surface area contributed by atoms with E-state index in [9.17, 15) is 9.18 Å². The van der Waals surface area contributed by atoms with Gasteiger partial charge in [0.05, 0.1) is 15.8 Å². The third-order valence-electron chi connectivity index (χ3n) is 2.81. The number of fused-ring (bicyclic) bond motifs is 1. The molecule has 19 heavy (non-hydrogen) atoms. The van der Waals surface area contributed by atoms with E-state index in [1.807, 2.05) is 12.1 Å². The van der Waals surface area contributed by atoms with Crippen molar-refractivity contribution in [2.45, 2.75) is 0 Å². The number of rotatable bonds is 1. The zero-order chi connectivity index (χ0) is 13.4. The fraction of sp³-hybridized carbons (Fsp3) is 0. The Hall–Kier alpha value is -2.45. The molecule has 5 heteroatoms. The monoisotopic (exact) mass is 270 g/mol. The highest BCUT2D eigenvalue weighted by atomic mass is 32.1. The Balaban J connectivity index is 2.38. The van der Waals surface area contributed by atoms with Gasteiger partial charge in [-0.1, -0.05) is 29.7 Å². The summed E-state index contributed by atoms with van der Waals surface area (Å²) in [5.41, 5.74) is -0.0624. The van der Waals surface area contributed by atoms with Crippen LogP contribution in [0, 0.1) is 17.1 Å². The summed E-state index contributed by atoms with van der Waals surface area (Å²) < 4.78 is 15.7. The van der Waals surface area contributed by atoms with E-state index in [0.717, 1.165) is 4.70 Å². The molecule has 3 rings (SSSR count). The van der Waals surface area contributed by atoms with Crippen molar-refractivity contribution >= 4 is 21.6 Å². The van der Waals surface area contributed by atoms with Crippen LogP contribution in [-0.4, -0.2) is 3.96 Å². The molecule has 0 amide bonds. The maximum atomic E-state index is 13.6. The Kier molecular flexibility index (Phi) is 2.65. The molecule has 92 valence electrons. The van der Waals surface area contributed by atoms with Crippen LogP contribution >= 0.6 is 11.5 Å². The lowest BCUT2D eigenvalue weighted by Crippen LogP contribution is -2.12. The van der Waals surface area contributed by atoms with Gasteiger partial charge >= 0.3 is 0 Å². The van der Waals surface area contributed by atoms with Crippen LogP contribution in [0.2, 0.25) is 0 Å². The van der Waals surface area contributed by atoms with Gasteiger partial charge in [0.15, 0.2) is 0 Å². The minimum atomic E-state index is -0.621. The van der Waals surface area contributed by atoms with Gasteiger partial charge in [-0.15, -0.1) is 0 Å². The van der Waals surface area contributed by atoms with Gasteiger partial charge in [-0.25, -0.2) is 8.35 Å². The van der Waals surface area contributed by atoms with Crippen molar-refractivity contribution in [3.8, 4) is 11.8 Å². The zero-order valence-electron chi connectivity index (χ0n) is 9.63. The van der Waals surface area contributed by atoms with E-state index in [1.165, 1.54) is 27.6 Å². The lowest BCUT2D eigenvalue weighted by atomic mass is 10.2. The fourth-order valence-corrected chi connectivity index (χ4v) is 2.94.